The van der Waals surface area contributed by atoms with Gasteiger partial charge in [-0.05, 0) is 123 Å². The Kier molecular flexibility index (Phi) is 10.8. The number of hydrogen-bond donors (Lipinski definition) is 1. The second-order valence-corrected chi connectivity index (χ2v) is 15.6. The standard InChI is InChI=1S/C33H38N2O2.C4H10O.2C2H6.CH4.H3N/c1-5-21-17(2)12-20(37-29(21)36)13-19-6-7-26-30(19,4)9-8-27-31(26)15-24-28-23-14-22(25-16-34-10-11-35-25)18(3)33(27,31)32(23,24)28;1-4(2)5-3;2*1-2;;/h10-11,14,16,19-20,23-24,26-28H,3,5-9,12-13,15H2,1-2,4H3;4H,1-3H3;2*1-2H3;1H4;1H3. The summed E-state index contributed by atoms with van der Waals surface area (Å²) in [6.07, 6.45) is 18.1. The van der Waals surface area contributed by atoms with Crippen LogP contribution in [0.4, 0.5) is 0 Å². The molecule has 11 unspecified atom stereocenters. The van der Waals surface area contributed by atoms with Crippen LogP contribution in [0.2, 0.25) is 0 Å². The van der Waals surface area contributed by atoms with Crippen molar-refractivity contribution in [3.63, 3.8) is 0 Å². The van der Waals surface area contributed by atoms with Crippen molar-refractivity contribution in [2.75, 3.05) is 7.11 Å². The first-order valence-corrected chi connectivity index (χ1v) is 18.7. The zero-order valence-electron chi connectivity index (χ0n) is 31.1. The van der Waals surface area contributed by atoms with Crippen LogP contribution in [0.5, 0.6) is 0 Å². The van der Waals surface area contributed by atoms with Crippen LogP contribution in [-0.2, 0) is 14.3 Å². The van der Waals surface area contributed by atoms with Gasteiger partial charge < -0.3 is 15.6 Å². The molecule has 6 heteroatoms. The van der Waals surface area contributed by atoms with Crippen LogP contribution in [0.1, 0.15) is 127 Å². The molecule has 0 saturated heterocycles. The third-order valence-corrected chi connectivity index (χ3v) is 14.4. The number of esters is 1. The van der Waals surface area contributed by atoms with Crippen LogP contribution < -0.4 is 6.15 Å². The Morgan fingerprint density at radius 3 is 2.38 bits per heavy atom. The molecule has 2 heterocycles. The number of aromatic nitrogens is 2. The number of rotatable bonds is 5. The molecule has 0 amide bonds. The molecule has 0 radical (unpaired) electrons. The highest BCUT2D eigenvalue weighted by Crippen LogP contribution is 3.11. The SMILES string of the molecule is C.C=C1C(c2cnccn2)=CC2C3C4CC56C7CCC(CC8CC(C)=C(CC)C(=O)O8)C7(C)CCC5C16C243.CC.CC.COC(C)C.N. The van der Waals surface area contributed by atoms with Crippen LogP contribution in [0.25, 0.3) is 5.57 Å². The van der Waals surface area contributed by atoms with E-state index in [0.29, 0.717) is 33.7 Å². The first-order chi connectivity index (χ1) is 22.1. The van der Waals surface area contributed by atoms with E-state index < -0.39 is 0 Å². The van der Waals surface area contributed by atoms with Crippen molar-refractivity contribution in [2.24, 2.45) is 57.2 Å². The lowest BCUT2D eigenvalue weighted by molar-refractivity contribution is -0.147. The summed E-state index contributed by atoms with van der Waals surface area (Å²) in [6.45, 7) is 23.8. The van der Waals surface area contributed by atoms with Crippen molar-refractivity contribution in [2.45, 2.75) is 133 Å². The highest BCUT2D eigenvalue weighted by atomic mass is 16.5. The third-order valence-electron chi connectivity index (χ3n) is 14.4. The summed E-state index contributed by atoms with van der Waals surface area (Å²) >= 11 is 0. The maximum atomic E-state index is 12.7. The largest absolute Gasteiger partial charge is 0.459 e. The summed E-state index contributed by atoms with van der Waals surface area (Å²) in [7, 11) is 1.70. The number of carbonyl (C=O) groups is 1. The van der Waals surface area contributed by atoms with Gasteiger partial charge in [0.25, 0.3) is 0 Å². The van der Waals surface area contributed by atoms with Crippen molar-refractivity contribution in [3.05, 3.63) is 53.7 Å². The molecule has 8 aliphatic rings. The zero-order valence-corrected chi connectivity index (χ0v) is 31.1. The van der Waals surface area contributed by atoms with Gasteiger partial charge in [-0.15, -0.1) is 0 Å². The predicted molar refractivity (Wildman–Crippen MR) is 197 cm³/mol. The van der Waals surface area contributed by atoms with E-state index in [1.807, 2.05) is 53.9 Å². The van der Waals surface area contributed by atoms with Gasteiger partial charge in [0.15, 0.2) is 0 Å². The number of allylic oxidation sites excluding steroid dienone is 3. The lowest BCUT2D eigenvalue weighted by Crippen LogP contribution is -2.41. The van der Waals surface area contributed by atoms with Crippen molar-refractivity contribution in [1.82, 2.24) is 16.1 Å². The molecule has 48 heavy (non-hydrogen) atoms. The Bertz CT molecular complexity index is 1430. The first-order valence-electron chi connectivity index (χ1n) is 18.7. The van der Waals surface area contributed by atoms with E-state index in [4.69, 9.17) is 21.0 Å². The number of methoxy groups -OCH3 is 1. The number of ether oxygens (including phenoxy) is 2. The van der Waals surface area contributed by atoms with Gasteiger partial charge in [-0.1, -0.05) is 67.2 Å². The fraction of sp³-hybridized carbons (Fsp3) is 0.738. The molecule has 1 aromatic heterocycles. The minimum absolute atomic E-state index is 0. The molecule has 1 aliphatic heterocycles. The first kappa shape index (κ1) is 38.5. The lowest BCUT2D eigenvalue weighted by atomic mass is 9.58. The van der Waals surface area contributed by atoms with Gasteiger partial charge in [-0.2, -0.15) is 0 Å². The molecule has 6 nitrogen and oxygen atoms in total. The Morgan fingerprint density at radius 1 is 1.10 bits per heavy atom. The van der Waals surface area contributed by atoms with Crippen molar-refractivity contribution in [3.8, 4) is 0 Å². The topological polar surface area (TPSA) is 96.3 Å². The van der Waals surface area contributed by atoms with Crippen LogP contribution in [0.15, 0.2) is 48.0 Å². The van der Waals surface area contributed by atoms with E-state index >= 15 is 0 Å². The van der Waals surface area contributed by atoms with E-state index in [1.54, 1.807) is 13.3 Å². The number of nitrogens with zero attached hydrogens (tertiary/aromatic N) is 2. The fourth-order valence-electron chi connectivity index (χ4n) is 13.0. The quantitative estimate of drug-likeness (QED) is 0.316. The molecule has 1 aromatic rings. The van der Waals surface area contributed by atoms with Crippen molar-refractivity contribution < 1.29 is 14.3 Å². The van der Waals surface area contributed by atoms with Crippen LogP contribution >= 0.6 is 0 Å². The summed E-state index contributed by atoms with van der Waals surface area (Å²) in [6, 6.07) is 0. The second-order valence-electron chi connectivity index (χ2n) is 15.6. The smallest absolute Gasteiger partial charge is 0.334 e. The number of carbonyl (C=O) groups excluding carboxylic acids is 1. The van der Waals surface area contributed by atoms with Gasteiger partial charge in [0.1, 0.15) is 6.10 Å². The molecule has 9 rings (SSSR count). The summed E-state index contributed by atoms with van der Waals surface area (Å²) in [5.74, 6) is 4.84. The average molecular weight is 662 g/mol. The Labute approximate surface area is 292 Å². The molecule has 7 aliphatic carbocycles. The highest BCUT2D eigenvalue weighted by Gasteiger charge is 3.08. The van der Waals surface area contributed by atoms with Crippen LogP contribution in [0.3, 0.4) is 0 Å². The maximum absolute atomic E-state index is 12.7. The molecular formula is C42H67N3O3. The molecule has 268 valence electrons. The van der Waals surface area contributed by atoms with Gasteiger partial charge in [0.2, 0.25) is 0 Å². The molecule has 0 bridgehead atoms. The highest BCUT2D eigenvalue weighted by molar-refractivity contribution is 5.90. The van der Waals surface area contributed by atoms with Gasteiger partial charge in [0, 0.05) is 42.5 Å². The number of fused-ring (bicyclic) bond motifs is 3. The molecule has 3 spiro atoms. The number of cyclic esters (lactones) is 1. The van der Waals surface area contributed by atoms with Crippen LogP contribution in [0, 0.1) is 57.2 Å². The molecule has 0 aromatic carbocycles. The van der Waals surface area contributed by atoms with Gasteiger partial charge in [0.05, 0.1) is 18.0 Å². The van der Waals surface area contributed by atoms with Crippen LogP contribution in [-0.4, -0.2) is 35.3 Å². The van der Waals surface area contributed by atoms with E-state index in [9.17, 15) is 4.79 Å². The Balaban J connectivity index is 0.000000431. The molecule has 3 N–H and O–H groups in total. The molecule has 6 fully saturated rings. The predicted octanol–water partition coefficient (Wildman–Crippen LogP) is 10.4. The van der Waals surface area contributed by atoms with E-state index in [-0.39, 0.29) is 25.7 Å². The zero-order chi connectivity index (χ0) is 33.4. The molecule has 11 atom stereocenters. The Morgan fingerprint density at radius 2 is 1.79 bits per heavy atom. The summed E-state index contributed by atoms with van der Waals surface area (Å²) in [5, 5.41) is 0. The maximum Gasteiger partial charge on any atom is 0.334 e. The molecule has 6 saturated carbocycles. The van der Waals surface area contributed by atoms with Crippen molar-refractivity contribution in [1.29, 1.82) is 0 Å². The monoisotopic (exact) mass is 662 g/mol. The minimum atomic E-state index is -0.0537. The van der Waals surface area contributed by atoms with Crippen molar-refractivity contribution >= 4 is 11.5 Å². The second kappa shape index (κ2) is 13.4. The summed E-state index contributed by atoms with van der Waals surface area (Å²) in [4.78, 5) is 21.8. The fourth-order valence-corrected chi connectivity index (χ4v) is 13.0. The average Bonchev–Trinajstić information content (AvgIpc) is 3.98. The van der Waals surface area contributed by atoms with E-state index in [1.165, 1.54) is 48.8 Å². The normalized spacial score (nSPS) is 42.4. The Hall–Kier alpha value is -2.31. The van der Waals surface area contributed by atoms with E-state index in [2.05, 4.69) is 31.8 Å². The minimum Gasteiger partial charge on any atom is -0.459 e. The number of hydrogen-bond acceptors (Lipinski definition) is 6. The molecular weight excluding hydrogens is 594 g/mol. The lowest BCUT2D eigenvalue weighted by Gasteiger charge is -2.46. The van der Waals surface area contributed by atoms with Gasteiger partial charge >= 0.3 is 5.97 Å². The van der Waals surface area contributed by atoms with Gasteiger partial charge in [-0.25, -0.2) is 4.79 Å². The third kappa shape index (κ3) is 4.59. The summed E-state index contributed by atoms with van der Waals surface area (Å²) in [5.41, 5.74) is 7.65. The van der Waals surface area contributed by atoms with Gasteiger partial charge in [-0.3, -0.25) is 9.97 Å². The summed E-state index contributed by atoms with van der Waals surface area (Å²) < 4.78 is 10.8. The van der Waals surface area contributed by atoms with E-state index in [0.717, 1.165) is 60.1 Å².